The number of nitrogens with zero attached hydrogens (tertiary/aromatic N) is 5. The summed E-state index contributed by atoms with van der Waals surface area (Å²) in [4.78, 5) is 31.1. The summed E-state index contributed by atoms with van der Waals surface area (Å²) in [5, 5.41) is 0.968. The minimum Gasteiger partial charge on any atom is -0.334 e. The molecule has 0 bridgehead atoms. The van der Waals surface area contributed by atoms with Gasteiger partial charge in [-0.3, -0.25) is 4.79 Å². The summed E-state index contributed by atoms with van der Waals surface area (Å²) in [7, 11) is 0. The highest BCUT2D eigenvalue weighted by molar-refractivity contribution is 9.10. The van der Waals surface area contributed by atoms with Gasteiger partial charge in [0, 0.05) is 53.7 Å². The minimum atomic E-state index is -0.0521. The van der Waals surface area contributed by atoms with E-state index in [-0.39, 0.29) is 5.91 Å². The molecule has 0 aliphatic carbocycles. The van der Waals surface area contributed by atoms with Gasteiger partial charge in [0.15, 0.2) is 5.65 Å². The van der Waals surface area contributed by atoms with Gasteiger partial charge < -0.3 is 4.90 Å². The number of hydrogen-bond acceptors (Lipinski definition) is 5. The van der Waals surface area contributed by atoms with Gasteiger partial charge in [0.2, 0.25) is 0 Å². The number of pyridine rings is 2. The highest BCUT2D eigenvalue weighted by Gasteiger charge is 2.23. The molecule has 0 saturated carbocycles. The first kappa shape index (κ1) is 14.2. The van der Waals surface area contributed by atoms with Gasteiger partial charge >= 0.3 is 0 Å². The summed E-state index contributed by atoms with van der Waals surface area (Å²) in [6.07, 6.45) is 6.98. The predicted molar refractivity (Wildman–Crippen MR) is 87.7 cm³/mol. The second kappa shape index (κ2) is 5.66. The number of halogens is 1. The summed E-state index contributed by atoms with van der Waals surface area (Å²) in [5.41, 5.74) is 3.33. The molecule has 0 aromatic carbocycles. The van der Waals surface area contributed by atoms with Crippen molar-refractivity contribution in [3.8, 4) is 0 Å². The van der Waals surface area contributed by atoms with E-state index < -0.39 is 0 Å². The van der Waals surface area contributed by atoms with Crippen molar-refractivity contribution in [1.29, 1.82) is 0 Å². The molecule has 3 aromatic rings. The monoisotopic (exact) mass is 369 g/mol. The molecule has 0 unspecified atom stereocenters. The van der Waals surface area contributed by atoms with Crippen molar-refractivity contribution in [2.45, 2.75) is 13.0 Å². The summed E-state index contributed by atoms with van der Waals surface area (Å²) >= 11 is 3.43. The quantitative estimate of drug-likeness (QED) is 0.658. The first-order valence-corrected chi connectivity index (χ1v) is 7.98. The molecule has 0 atom stereocenters. The van der Waals surface area contributed by atoms with Crippen LogP contribution in [0.25, 0.3) is 11.0 Å². The normalized spacial score (nSPS) is 13.9. The Kier molecular flexibility index (Phi) is 3.49. The maximum absolute atomic E-state index is 12.5. The SMILES string of the molecule is O=C(c1cncnc1)N1CCc2nc3ncc(Br)cc3cc2C1. The Bertz CT molecular complexity index is 900. The zero-order chi connectivity index (χ0) is 15.8. The average molecular weight is 370 g/mol. The third-order valence-electron chi connectivity index (χ3n) is 3.88. The third kappa shape index (κ3) is 2.68. The van der Waals surface area contributed by atoms with Crippen molar-refractivity contribution in [3.63, 3.8) is 0 Å². The number of carbonyl (C=O) groups excluding carboxylic acids is 1. The summed E-state index contributed by atoms with van der Waals surface area (Å²) in [5.74, 6) is -0.0521. The minimum absolute atomic E-state index is 0.0521. The lowest BCUT2D eigenvalue weighted by Gasteiger charge is -2.28. The molecule has 0 fully saturated rings. The fraction of sp³-hybridized carbons (Fsp3) is 0.188. The number of hydrogen-bond donors (Lipinski definition) is 0. The van der Waals surface area contributed by atoms with Gasteiger partial charge in [0.05, 0.1) is 5.56 Å². The lowest BCUT2D eigenvalue weighted by molar-refractivity contribution is 0.0733. The number of amides is 1. The Hall–Kier alpha value is -2.41. The Morgan fingerprint density at radius 2 is 2.00 bits per heavy atom. The van der Waals surface area contributed by atoms with E-state index in [4.69, 9.17) is 0 Å². The van der Waals surface area contributed by atoms with Crippen LogP contribution < -0.4 is 0 Å². The first-order valence-electron chi connectivity index (χ1n) is 7.19. The molecule has 0 N–H and O–H groups in total. The van der Waals surface area contributed by atoms with Crippen molar-refractivity contribution in [1.82, 2.24) is 24.8 Å². The molecule has 6 nitrogen and oxygen atoms in total. The molecule has 4 rings (SSSR count). The van der Waals surface area contributed by atoms with E-state index in [2.05, 4.69) is 41.9 Å². The fourth-order valence-corrected chi connectivity index (χ4v) is 3.11. The average Bonchev–Trinajstić information content (AvgIpc) is 2.59. The Morgan fingerprint density at radius 1 is 1.17 bits per heavy atom. The Labute approximate surface area is 140 Å². The van der Waals surface area contributed by atoms with Gasteiger partial charge in [-0.2, -0.15) is 0 Å². The maximum Gasteiger partial charge on any atom is 0.257 e. The molecule has 7 heteroatoms. The lowest BCUT2D eigenvalue weighted by atomic mass is 10.0. The maximum atomic E-state index is 12.5. The standard InChI is InChI=1S/C16H12BrN5O/c17-13-4-10-3-11-8-22(16(23)12-5-18-9-19-6-12)2-1-14(11)21-15(10)20-7-13/h3-7,9H,1-2,8H2. The molecule has 0 saturated heterocycles. The van der Waals surface area contributed by atoms with Crippen LogP contribution in [0.5, 0.6) is 0 Å². The Balaban J connectivity index is 1.67. The zero-order valence-corrected chi connectivity index (χ0v) is 13.7. The fourth-order valence-electron chi connectivity index (χ4n) is 2.76. The van der Waals surface area contributed by atoms with Crippen LogP contribution in [0.4, 0.5) is 0 Å². The van der Waals surface area contributed by atoms with E-state index in [1.165, 1.54) is 6.33 Å². The van der Waals surface area contributed by atoms with E-state index in [1.54, 1.807) is 23.5 Å². The van der Waals surface area contributed by atoms with E-state index >= 15 is 0 Å². The first-order chi connectivity index (χ1) is 11.2. The van der Waals surface area contributed by atoms with Crippen LogP contribution in [0.1, 0.15) is 21.6 Å². The van der Waals surface area contributed by atoms with Crippen LogP contribution in [0, 0.1) is 0 Å². The van der Waals surface area contributed by atoms with Gasteiger partial charge in [-0.25, -0.2) is 19.9 Å². The second-order valence-corrected chi connectivity index (χ2v) is 6.31. The zero-order valence-electron chi connectivity index (χ0n) is 12.1. The largest absolute Gasteiger partial charge is 0.334 e. The molecular weight excluding hydrogens is 358 g/mol. The van der Waals surface area contributed by atoms with Crippen molar-refractivity contribution in [2.24, 2.45) is 0 Å². The van der Waals surface area contributed by atoms with E-state index in [0.717, 1.165) is 33.2 Å². The van der Waals surface area contributed by atoms with Crippen molar-refractivity contribution >= 4 is 32.9 Å². The van der Waals surface area contributed by atoms with Crippen molar-refractivity contribution in [2.75, 3.05) is 6.54 Å². The molecule has 1 amide bonds. The van der Waals surface area contributed by atoms with E-state index in [1.807, 2.05) is 6.07 Å². The van der Waals surface area contributed by atoms with Gasteiger partial charge in [0.1, 0.15) is 6.33 Å². The topological polar surface area (TPSA) is 71.9 Å². The van der Waals surface area contributed by atoms with Crippen molar-refractivity contribution < 1.29 is 4.79 Å². The third-order valence-corrected chi connectivity index (χ3v) is 4.31. The number of rotatable bonds is 1. The highest BCUT2D eigenvalue weighted by atomic mass is 79.9. The molecular formula is C16H12BrN5O. The highest BCUT2D eigenvalue weighted by Crippen LogP contribution is 2.24. The van der Waals surface area contributed by atoms with Crippen molar-refractivity contribution in [3.05, 3.63) is 58.3 Å². The van der Waals surface area contributed by atoms with Crippen LogP contribution in [0.3, 0.4) is 0 Å². The molecule has 1 aliphatic rings. The lowest BCUT2D eigenvalue weighted by Crippen LogP contribution is -2.36. The number of carbonyl (C=O) groups is 1. The number of fused-ring (bicyclic) bond motifs is 2. The molecule has 23 heavy (non-hydrogen) atoms. The smallest absolute Gasteiger partial charge is 0.257 e. The van der Waals surface area contributed by atoms with Crippen LogP contribution >= 0.6 is 15.9 Å². The molecule has 0 spiro atoms. The van der Waals surface area contributed by atoms with E-state index in [0.29, 0.717) is 18.7 Å². The number of aromatic nitrogens is 4. The van der Waals surface area contributed by atoms with Crippen LogP contribution in [-0.2, 0) is 13.0 Å². The molecule has 114 valence electrons. The Morgan fingerprint density at radius 3 is 2.83 bits per heavy atom. The van der Waals surface area contributed by atoms with Gasteiger partial charge in [-0.15, -0.1) is 0 Å². The summed E-state index contributed by atoms with van der Waals surface area (Å²) < 4.78 is 0.914. The van der Waals surface area contributed by atoms with Gasteiger partial charge in [0.25, 0.3) is 5.91 Å². The summed E-state index contributed by atoms with van der Waals surface area (Å²) in [6.45, 7) is 1.17. The van der Waals surface area contributed by atoms with Crippen LogP contribution in [-0.4, -0.2) is 37.3 Å². The molecule has 0 radical (unpaired) electrons. The van der Waals surface area contributed by atoms with Gasteiger partial charge in [-0.1, -0.05) is 0 Å². The van der Waals surface area contributed by atoms with Crippen LogP contribution in [0.15, 0.2) is 41.5 Å². The molecule has 3 aromatic heterocycles. The van der Waals surface area contributed by atoms with Crippen LogP contribution in [0.2, 0.25) is 0 Å². The molecule has 4 heterocycles. The summed E-state index contributed by atoms with van der Waals surface area (Å²) in [6, 6.07) is 4.05. The van der Waals surface area contributed by atoms with Gasteiger partial charge in [-0.05, 0) is 33.6 Å². The predicted octanol–water partition coefficient (Wildman–Crippen LogP) is 2.38. The second-order valence-electron chi connectivity index (χ2n) is 5.40. The van der Waals surface area contributed by atoms with E-state index in [9.17, 15) is 4.79 Å². The molecule has 1 aliphatic heterocycles.